The molecule has 0 radical (unpaired) electrons. The van der Waals surface area contributed by atoms with Gasteiger partial charge in [-0.1, -0.05) is 29.8 Å². The third kappa shape index (κ3) is 4.60. The molecule has 3 rings (SSSR count). The Hall–Kier alpha value is -2.99. The summed E-state index contributed by atoms with van der Waals surface area (Å²) in [6, 6.07) is 5.44. The van der Waals surface area contributed by atoms with E-state index in [-0.39, 0.29) is 29.3 Å². The number of hydrogen-bond acceptors (Lipinski definition) is 8. The third-order valence-corrected chi connectivity index (χ3v) is 6.01. The van der Waals surface area contributed by atoms with Crippen LogP contribution in [0.15, 0.2) is 39.4 Å². The van der Waals surface area contributed by atoms with Crippen LogP contribution >= 0.6 is 15.9 Å². The van der Waals surface area contributed by atoms with Gasteiger partial charge in [-0.3, -0.25) is 4.79 Å². The summed E-state index contributed by atoms with van der Waals surface area (Å²) in [6.07, 6.45) is 0.862. The van der Waals surface area contributed by atoms with E-state index in [1.54, 1.807) is 12.1 Å². The van der Waals surface area contributed by atoms with Gasteiger partial charge in [0.05, 0.1) is 19.6 Å². The molecule has 0 saturated heterocycles. The van der Waals surface area contributed by atoms with Crippen molar-refractivity contribution in [1.29, 1.82) is 5.26 Å². The molecule has 0 fully saturated rings. The van der Waals surface area contributed by atoms with Crippen molar-refractivity contribution in [2.24, 2.45) is 11.1 Å². The van der Waals surface area contributed by atoms with E-state index >= 15 is 0 Å². The van der Waals surface area contributed by atoms with Gasteiger partial charge < -0.3 is 24.7 Å². The number of nitriles is 1. The topological polar surface area (TPSA) is 121 Å². The molecule has 0 amide bonds. The monoisotopic (exact) mass is 504 g/mol. The molecule has 2 N–H and O–H groups in total. The van der Waals surface area contributed by atoms with Gasteiger partial charge in [-0.25, -0.2) is 4.79 Å². The Balaban J connectivity index is 2.14. The number of allylic oxidation sites excluding steroid dienone is 3. The lowest BCUT2D eigenvalue weighted by Crippen LogP contribution is -2.33. The number of nitrogens with zero attached hydrogens (tertiary/aromatic N) is 1. The second-order valence-corrected chi connectivity index (χ2v) is 9.18. The number of nitrogens with two attached hydrogens (primary N) is 1. The Labute approximate surface area is 195 Å². The van der Waals surface area contributed by atoms with Crippen molar-refractivity contribution in [2.75, 3.05) is 20.3 Å². The lowest BCUT2D eigenvalue weighted by molar-refractivity contribution is -0.142. The van der Waals surface area contributed by atoms with Crippen molar-refractivity contribution in [2.45, 2.75) is 39.5 Å². The van der Waals surface area contributed by atoms with Gasteiger partial charge >= 0.3 is 5.97 Å². The summed E-state index contributed by atoms with van der Waals surface area (Å²) in [7, 11) is 1.27. The molecular weight excluding hydrogens is 480 g/mol. The highest BCUT2D eigenvalue weighted by Crippen LogP contribution is 2.50. The van der Waals surface area contributed by atoms with E-state index < -0.39 is 11.9 Å². The number of hydrogen-bond donors (Lipinski definition) is 1. The lowest BCUT2D eigenvalue weighted by atomic mass is 9.70. The Morgan fingerprint density at radius 2 is 2.00 bits per heavy atom. The van der Waals surface area contributed by atoms with Crippen LogP contribution in [0.1, 0.15) is 45.1 Å². The predicted molar refractivity (Wildman–Crippen MR) is 119 cm³/mol. The molecule has 0 bridgehead atoms. The normalized spacial score (nSPS) is 19.6. The van der Waals surface area contributed by atoms with E-state index in [2.05, 4.69) is 26.7 Å². The van der Waals surface area contributed by atoms with Crippen molar-refractivity contribution in [3.63, 3.8) is 0 Å². The van der Waals surface area contributed by atoms with Gasteiger partial charge in [0.25, 0.3) is 0 Å². The molecule has 0 unspecified atom stereocenters. The summed E-state index contributed by atoms with van der Waals surface area (Å²) in [5.74, 6) is -0.178. The Kier molecular flexibility index (Phi) is 6.84. The number of esters is 1. The summed E-state index contributed by atoms with van der Waals surface area (Å²) in [5.41, 5.74) is 7.03. The molecule has 1 atom stereocenters. The van der Waals surface area contributed by atoms with Crippen molar-refractivity contribution in [3.05, 3.63) is 45.0 Å². The van der Waals surface area contributed by atoms with E-state index in [4.69, 9.17) is 19.9 Å². The zero-order valence-corrected chi connectivity index (χ0v) is 20.0. The molecule has 2 aliphatic rings. The fraction of sp³-hybridized carbons (Fsp3) is 0.435. The van der Waals surface area contributed by atoms with Crippen molar-refractivity contribution in [3.8, 4) is 17.6 Å². The number of carbonyl (C=O) groups is 2. The molecular formula is C23H25BrN2O6. The average molecular weight is 505 g/mol. The van der Waals surface area contributed by atoms with Crippen LogP contribution in [0.25, 0.3) is 0 Å². The Bertz CT molecular complexity index is 1070. The molecule has 32 heavy (non-hydrogen) atoms. The predicted octanol–water partition coefficient (Wildman–Crippen LogP) is 3.85. The van der Waals surface area contributed by atoms with Gasteiger partial charge in [0.15, 0.2) is 23.9 Å². The summed E-state index contributed by atoms with van der Waals surface area (Å²) in [5, 5.41) is 9.84. The number of halogens is 1. The second kappa shape index (κ2) is 9.25. The van der Waals surface area contributed by atoms with E-state index in [9.17, 15) is 14.9 Å². The van der Waals surface area contributed by atoms with Crippen molar-refractivity contribution >= 4 is 27.7 Å². The number of carbonyl (C=O) groups excluding carboxylic acids is 2. The highest BCUT2D eigenvalue weighted by molar-refractivity contribution is 9.10. The molecule has 1 aliphatic carbocycles. The fourth-order valence-corrected chi connectivity index (χ4v) is 4.50. The van der Waals surface area contributed by atoms with Gasteiger partial charge in [-0.15, -0.1) is 0 Å². The van der Waals surface area contributed by atoms with Crippen LogP contribution in [0.3, 0.4) is 0 Å². The van der Waals surface area contributed by atoms with E-state index in [0.29, 0.717) is 52.3 Å². The molecule has 0 saturated carbocycles. The first kappa shape index (κ1) is 23.7. The van der Waals surface area contributed by atoms with Crippen LogP contribution < -0.4 is 15.2 Å². The average Bonchev–Trinajstić information content (AvgIpc) is 2.71. The van der Waals surface area contributed by atoms with Gasteiger partial charge in [-0.05, 0) is 30.0 Å². The van der Waals surface area contributed by atoms with Crippen LogP contribution in [0, 0.1) is 16.7 Å². The maximum atomic E-state index is 13.2. The molecule has 0 aromatic heterocycles. The van der Waals surface area contributed by atoms with Crippen LogP contribution in [0.5, 0.6) is 11.5 Å². The highest BCUT2D eigenvalue weighted by atomic mass is 79.9. The van der Waals surface area contributed by atoms with Gasteiger partial charge in [-0.2, -0.15) is 5.26 Å². The van der Waals surface area contributed by atoms with Crippen molar-refractivity contribution in [1.82, 2.24) is 0 Å². The molecule has 170 valence electrons. The summed E-state index contributed by atoms with van der Waals surface area (Å²) in [6.45, 7) is 5.84. The molecule has 1 aromatic rings. The van der Waals surface area contributed by atoms with E-state index in [1.165, 1.54) is 7.11 Å². The van der Waals surface area contributed by atoms with Gasteiger partial charge in [0, 0.05) is 22.9 Å². The highest BCUT2D eigenvalue weighted by Gasteiger charge is 2.43. The van der Waals surface area contributed by atoms with Crippen LogP contribution in [0.2, 0.25) is 0 Å². The molecule has 1 aromatic carbocycles. The quantitative estimate of drug-likeness (QED) is 0.579. The Morgan fingerprint density at radius 3 is 2.62 bits per heavy atom. The van der Waals surface area contributed by atoms with E-state index in [0.717, 1.165) is 0 Å². The van der Waals surface area contributed by atoms with Crippen molar-refractivity contribution < 1.29 is 28.5 Å². The number of ketones is 1. The summed E-state index contributed by atoms with van der Waals surface area (Å²) >= 11 is 3.53. The molecule has 1 heterocycles. The number of Topliss-reactive ketones (excluding diaryl/α,β-unsaturated/α-hetero) is 1. The SMILES string of the molecule is CCOc1cc([C@H]2C(C#N)=C(N)OC3=C2C(=O)CC(C)(C)C3)c(Br)cc1OCC(=O)OC. The summed E-state index contributed by atoms with van der Waals surface area (Å²) < 4.78 is 22.2. The maximum Gasteiger partial charge on any atom is 0.343 e. The zero-order valence-electron chi connectivity index (χ0n) is 18.4. The number of ether oxygens (including phenoxy) is 4. The first-order chi connectivity index (χ1) is 15.1. The first-order valence-electron chi connectivity index (χ1n) is 10.1. The number of rotatable bonds is 6. The third-order valence-electron chi connectivity index (χ3n) is 5.32. The first-order valence-corrected chi connectivity index (χ1v) is 10.9. The second-order valence-electron chi connectivity index (χ2n) is 8.32. The maximum absolute atomic E-state index is 13.2. The van der Waals surface area contributed by atoms with Crippen LogP contribution in [0.4, 0.5) is 0 Å². The standard InChI is InChI=1S/C23H25BrN2O6/c1-5-30-16-6-12(14(24)7-17(16)31-11-19(28)29-4)20-13(10-25)22(26)32-18-9-23(2,3)8-15(27)21(18)20/h6-7,20H,5,8-9,11,26H2,1-4H3/t20-/m0/s1. The fourth-order valence-electron chi connectivity index (χ4n) is 3.94. The Morgan fingerprint density at radius 1 is 1.31 bits per heavy atom. The minimum Gasteiger partial charge on any atom is -0.490 e. The van der Waals surface area contributed by atoms with Crippen LogP contribution in [-0.4, -0.2) is 32.1 Å². The largest absolute Gasteiger partial charge is 0.490 e. The summed E-state index contributed by atoms with van der Waals surface area (Å²) in [4.78, 5) is 24.7. The number of methoxy groups -OCH3 is 1. The van der Waals surface area contributed by atoms with Gasteiger partial charge in [0.2, 0.25) is 5.88 Å². The minimum atomic E-state index is -0.712. The number of benzene rings is 1. The zero-order chi connectivity index (χ0) is 23.6. The van der Waals surface area contributed by atoms with Crippen LogP contribution in [-0.2, 0) is 19.1 Å². The smallest absolute Gasteiger partial charge is 0.343 e. The lowest BCUT2D eigenvalue weighted by Gasteiger charge is -2.37. The molecule has 8 nitrogen and oxygen atoms in total. The van der Waals surface area contributed by atoms with Gasteiger partial charge in [0.1, 0.15) is 17.4 Å². The molecule has 1 aliphatic heterocycles. The van der Waals surface area contributed by atoms with E-state index in [1.807, 2.05) is 20.8 Å². The molecule has 9 heteroatoms. The molecule has 0 spiro atoms. The minimum absolute atomic E-state index is 0.0161.